The molecule has 0 aliphatic carbocycles. The molecule has 0 spiro atoms. The van der Waals surface area contributed by atoms with Crippen molar-refractivity contribution in [2.45, 2.75) is 39.7 Å². The second kappa shape index (κ2) is 7.06. The highest BCUT2D eigenvalue weighted by Crippen LogP contribution is 2.25. The van der Waals surface area contributed by atoms with Gasteiger partial charge >= 0.3 is 0 Å². The second-order valence-corrected chi connectivity index (χ2v) is 6.21. The van der Waals surface area contributed by atoms with Gasteiger partial charge in [0.15, 0.2) is 0 Å². The Bertz CT molecular complexity index is 361. The number of hydrogen-bond acceptors (Lipinski definition) is 2. The van der Waals surface area contributed by atoms with Crippen molar-refractivity contribution in [2.75, 3.05) is 19.6 Å². The van der Waals surface area contributed by atoms with Gasteiger partial charge in [0.05, 0.1) is 0 Å². The van der Waals surface area contributed by atoms with Gasteiger partial charge < -0.3 is 5.73 Å². The molecule has 2 heteroatoms. The third-order valence-corrected chi connectivity index (χ3v) is 4.44. The predicted octanol–water partition coefficient (Wildman–Crippen LogP) is 3.06. The molecule has 0 radical (unpaired) electrons. The molecule has 1 aliphatic rings. The normalized spacial score (nSPS) is 18.1. The van der Waals surface area contributed by atoms with Crippen molar-refractivity contribution in [3.63, 3.8) is 0 Å². The molecule has 0 bridgehead atoms. The Labute approximate surface area is 118 Å². The summed E-state index contributed by atoms with van der Waals surface area (Å²) in [5.41, 5.74) is 8.36. The van der Waals surface area contributed by atoms with Crippen LogP contribution in [0.4, 0.5) is 0 Å². The van der Waals surface area contributed by atoms with E-state index >= 15 is 0 Å². The van der Waals surface area contributed by atoms with Gasteiger partial charge in [0.2, 0.25) is 0 Å². The van der Waals surface area contributed by atoms with Gasteiger partial charge in [0, 0.05) is 6.54 Å². The average Bonchev–Trinajstić information content (AvgIpc) is 2.42. The molecule has 2 N–H and O–H groups in total. The average molecular weight is 260 g/mol. The third-order valence-electron chi connectivity index (χ3n) is 4.44. The minimum atomic E-state index is 0.738. The van der Waals surface area contributed by atoms with Crippen LogP contribution in [0.1, 0.15) is 37.8 Å². The molecule has 106 valence electrons. The van der Waals surface area contributed by atoms with Gasteiger partial charge in [0.25, 0.3) is 0 Å². The molecule has 2 nitrogen and oxygen atoms in total. The van der Waals surface area contributed by atoms with Crippen LogP contribution in [0.15, 0.2) is 24.3 Å². The summed E-state index contributed by atoms with van der Waals surface area (Å²) >= 11 is 0. The highest BCUT2D eigenvalue weighted by molar-refractivity contribution is 5.22. The van der Waals surface area contributed by atoms with Gasteiger partial charge in [-0.3, -0.25) is 4.90 Å². The van der Waals surface area contributed by atoms with Crippen LogP contribution < -0.4 is 5.73 Å². The van der Waals surface area contributed by atoms with E-state index in [9.17, 15) is 0 Å². The summed E-state index contributed by atoms with van der Waals surface area (Å²) in [5, 5.41) is 0. The van der Waals surface area contributed by atoms with Gasteiger partial charge in [-0.05, 0) is 61.9 Å². The summed E-state index contributed by atoms with van der Waals surface area (Å²) in [5.74, 6) is 1.78. The van der Waals surface area contributed by atoms with Crippen molar-refractivity contribution < 1.29 is 0 Å². The molecule has 2 rings (SSSR count). The number of rotatable bonds is 5. The molecule has 19 heavy (non-hydrogen) atoms. The van der Waals surface area contributed by atoms with E-state index in [0.717, 1.165) is 31.3 Å². The number of hydrogen-bond donors (Lipinski definition) is 1. The number of likely N-dealkylation sites (tertiary alicyclic amines) is 1. The van der Waals surface area contributed by atoms with Crippen LogP contribution in [0.3, 0.4) is 0 Å². The lowest BCUT2D eigenvalue weighted by molar-refractivity contribution is 0.152. The second-order valence-electron chi connectivity index (χ2n) is 6.21. The molecule has 0 saturated carbocycles. The van der Waals surface area contributed by atoms with E-state index in [2.05, 4.69) is 43.0 Å². The maximum atomic E-state index is 5.58. The Hall–Kier alpha value is -0.860. The first-order valence-electron chi connectivity index (χ1n) is 7.69. The van der Waals surface area contributed by atoms with Gasteiger partial charge in [-0.15, -0.1) is 0 Å². The fraction of sp³-hybridized carbons (Fsp3) is 0.647. The summed E-state index contributed by atoms with van der Waals surface area (Å²) in [6.45, 7) is 9.07. The lowest BCUT2D eigenvalue weighted by Gasteiger charge is -2.33. The van der Waals surface area contributed by atoms with Crippen molar-refractivity contribution in [3.05, 3.63) is 35.4 Å². The van der Waals surface area contributed by atoms with Crippen LogP contribution in [0.25, 0.3) is 0 Å². The van der Waals surface area contributed by atoms with Crippen LogP contribution in [0.5, 0.6) is 0 Å². The fourth-order valence-electron chi connectivity index (χ4n) is 3.01. The largest absolute Gasteiger partial charge is 0.330 e. The summed E-state index contributed by atoms with van der Waals surface area (Å²) in [6, 6.07) is 8.98. The van der Waals surface area contributed by atoms with Crippen LogP contribution in [0.2, 0.25) is 0 Å². The van der Waals surface area contributed by atoms with E-state index < -0.39 is 0 Å². The van der Waals surface area contributed by atoms with E-state index in [0.29, 0.717) is 0 Å². The van der Waals surface area contributed by atoms with Crippen molar-refractivity contribution in [1.29, 1.82) is 0 Å². The van der Waals surface area contributed by atoms with Crippen LogP contribution >= 0.6 is 0 Å². The van der Waals surface area contributed by atoms with Crippen molar-refractivity contribution >= 4 is 0 Å². The first kappa shape index (κ1) is 14.5. The summed E-state index contributed by atoms with van der Waals surface area (Å²) < 4.78 is 0. The molecule has 0 amide bonds. The first-order valence-corrected chi connectivity index (χ1v) is 7.69. The van der Waals surface area contributed by atoms with Gasteiger partial charge in [0.1, 0.15) is 0 Å². The van der Waals surface area contributed by atoms with E-state index in [1.54, 1.807) is 0 Å². The zero-order valence-electron chi connectivity index (χ0n) is 12.4. The Morgan fingerprint density at radius 2 is 1.68 bits per heavy atom. The fourth-order valence-corrected chi connectivity index (χ4v) is 3.01. The minimum absolute atomic E-state index is 0.738. The van der Waals surface area contributed by atoms with E-state index in [4.69, 9.17) is 5.73 Å². The highest BCUT2D eigenvalue weighted by Gasteiger charge is 2.21. The van der Waals surface area contributed by atoms with Crippen molar-refractivity contribution in [2.24, 2.45) is 17.6 Å². The lowest BCUT2D eigenvalue weighted by atomic mass is 9.86. The molecule has 1 aromatic rings. The van der Waals surface area contributed by atoms with Crippen molar-refractivity contribution in [3.8, 4) is 0 Å². The molecule has 0 unspecified atom stereocenters. The van der Waals surface area contributed by atoms with Crippen LogP contribution in [0, 0.1) is 11.8 Å². The van der Waals surface area contributed by atoms with E-state index in [1.165, 1.54) is 37.1 Å². The SMILES string of the molecule is CC(C)C1CCN(Cc2ccc(CCN)cc2)CC1. The minimum Gasteiger partial charge on any atom is -0.330 e. The predicted molar refractivity (Wildman–Crippen MR) is 82.0 cm³/mol. The number of benzene rings is 1. The molecule has 0 atom stereocenters. The Kier molecular flexibility index (Phi) is 5.41. The quantitative estimate of drug-likeness (QED) is 0.881. The molecular formula is C17H28N2. The lowest BCUT2D eigenvalue weighted by Crippen LogP contribution is -2.34. The zero-order chi connectivity index (χ0) is 13.7. The van der Waals surface area contributed by atoms with Gasteiger partial charge in [-0.1, -0.05) is 38.1 Å². The number of piperidine rings is 1. The summed E-state index contributed by atoms with van der Waals surface area (Å²) in [7, 11) is 0. The van der Waals surface area contributed by atoms with E-state index in [-0.39, 0.29) is 0 Å². The maximum Gasteiger partial charge on any atom is 0.0233 e. The smallest absolute Gasteiger partial charge is 0.0233 e. The standard InChI is InChI=1S/C17H28N2/c1-14(2)17-8-11-19(12-9-17)13-16-5-3-15(4-6-16)7-10-18/h3-6,14,17H,7-13,18H2,1-2H3. The Morgan fingerprint density at radius 1 is 1.11 bits per heavy atom. The van der Waals surface area contributed by atoms with Crippen LogP contribution in [-0.4, -0.2) is 24.5 Å². The number of nitrogens with zero attached hydrogens (tertiary/aromatic N) is 1. The molecule has 1 aromatic carbocycles. The highest BCUT2D eigenvalue weighted by atomic mass is 15.1. The Morgan fingerprint density at radius 3 is 2.21 bits per heavy atom. The first-order chi connectivity index (χ1) is 9.19. The molecule has 1 aliphatic heterocycles. The topological polar surface area (TPSA) is 29.3 Å². The Balaban J connectivity index is 1.82. The number of nitrogens with two attached hydrogens (primary N) is 1. The molecule has 1 saturated heterocycles. The molecule has 0 aromatic heterocycles. The van der Waals surface area contributed by atoms with Gasteiger partial charge in [-0.2, -0.15) is 0 Å². The van der Waals surface area contributed by atoms with Crippen molar-refractivity contribution in [1.82, 2.24) is 4.90 Å². The third kappa shape index (κ3) is 4.32. The van der Waals surface area contributed by atoms with Gasteiger partial charge in [-0.25, -0.2) is 0 Å². The monoisotopic (exact) mass is 260 g/mol. The maximum absolute atomic E-state index is 5.58. The summed E-state index contributed by atoms with van der Waals surface area (Å²) in [4.78, 5) is 2.59. The van der Waals surface area contributed by atoms with E-state index in [1.807, 2.05) is 0 Å². The summed E-state index contributed by atoms with van der Waals surface area (Å²) in [6.07, 6.45) is 3.71. The molecule has 1 fully saturated rings. The molecular weight excluding hydrogens is 232 g/mol. The molecule has 1 heterocycles. The zero-order valence-corrected chi connectivity index (χ0v) is 12.4. The van der Waals surface area contributed by atoms with Crippen LogP contribution in [-0.2, 0) is 13.0 Å².